The summed E-state index contributed by atoms with van der Waals surface area (Å²) >= 11 is 0. The largest absolute Gasteiger partial charge is 0.109 e. The van der Waals surface area contributed by atoms with E-state index in [1.54, 1.807) is 10.9 Å². The zero-order chi connectivity index (χ0) is 20.1. The van der Waals surface area contributed by atoms with Crippen LogP contribution in [-0.2, 0) is 0 Å². The maximum absolute atomic E-state index is 2.53. The molecular weight excluding hydrogens is 367 g/mol. The highest BCUT2D eigenvalue weighted by molar-refractivity contribution is 7.95. The summed E-state index contributed by atoms with van der Waals surface area (Å²) in [5, 5.41) is 4.56. The highest BCUT2D eigenvalue weighted by Gasteiger charge is 2.42. The zero-order valence-corrected chi connectivity index (χ0v) is 18.8. The molecule has 29 heavy (non-hydrogen) atoms. The molecule has 1 fully saturated rings. The van der Waals surface area contributed by atoms with E-state index in [2.05, 4.69) is 98.5 Å². The molecule has 0 amide bonds. The first kappa shape index (κ1) is 20.4. The van der Waals surface area contributed by atoms with Crippen LogP contribution in [-0.4, -0.2) is 6.66 Å². The summed E-state index contributed by atoms with van der Waals surface area (Å²) in [5.74, 6) is 1.67. The molecule has 0 radical (unpaired) electrons. The van der Waals surface area contributed by atoms with Crippen LogP contribution in [0.25, 0.3) is 0 Å². The van der Waals surface area contributed by atoms with Gasteiger partial charge in [-0.1, -0.05) is 74.4 Å². The monoisotopic (exact) mass is 401 g/mol. The van der Waals surface area contributed by atoms with Crippen LogP contribution in [0.5, 0.6) is 0 Å². The van der Waals surface area contributed by atoms with E-state index in [1.165, 1.54) is 49.1 Å². The van der Waals surface area contributed by atoms with Crippen LogP contribution in [0.15, 0.2) is 84.9 Å². The predicted molar refractivity (Wildman–Crippen MR) is 131 cm³/mol. The average molecular weight is 402 g/mol. The van der Waals surface area contributed by atoms with Crippen molar-refractivity contribution in [1.82, 2.24) is 0 Å². The average Bonchev–Trinajstić information content (AvgIpc) is 2.80. The van der Waals surface area contributed by atoms with Gasteiger partial charge in [0.1, 0.15) is 23.2 Å². The molecule has 150 valence electrons. The maximum atomic E-state index is 2.53. The second-order valence-corrected chi connectivity index (χ2v) is 12.3. The van der Waals surface area contributed by atoms with Gasteiger partial charge in [-0.2, -0.15) is 0 Å². The fourth-order valence-electron chi connectivity index (χ4n) is 5.29. The van der Waals surface area contributed by atoms with E-state index in [9.17, 15) is 0 Å². The van der Waals surface area contributed by atoms with Gasteiger partial charge in [-0.3, -0.25) is 0 Å². The van der Waals surface area contributed by atoms with Crippen LogP contribution < -0.4 is 15.9 Å². The van der Waals surface area contributed by atoms with Gasteiger partial charge in [0, 0.05) is 0 Å². The van der Waals surface area contributed by atoms with Gasteiger partial charge in [-0.05, 0) is 73.4 Å². The lowest BCUT2D eigenvalue weighted by Gasteiger charge is -2.32. The third-order valence-electron chi connectivity index (χ3n) is 6.95. The van der Waals surface area contributed by atoms with Crippen LogP contribution in [0.1, 0.15) is 56.9 Å². The second kappa shape index (κ2) is 9.27. The number of rotatable bonds is 6. The molecule has 1 saturated carbocycles. The molecule has 0 N–H and O–H groups in total. The smallest absolute Gasteiger partial charge is 0.0654 e. The van der Waals surface area contributed by atoms with E-state index in [-0.39, 0.29) is 0 Å². The van der Waals surface area contributed by atoms with Crippen molar-refractivity contribution in [3.8, 4) is 0 Å². The third kappa shape index (κ3) is 4.19. The number of hydrogen-bond donors (Lipinski definition) is 0. The first-order valence-electron chi connectivity index (χ1n) is 11.3. The quantitative estimate of drug-likeness (QED) is 0.404. The topological polar surface area (TPSA) is 0 Å². The van der Waals surface area contributed by atoms with Crippen LogP contribution in [0.2, 0.25) is 0 Å². The SMILES string of the molecule is CCCC1CCC(c2ccccc2[P+](C)(c2ccccc2)c2ccccc2)CC1. The Morgan fingerprint density at radius 3 is 1.76 bits per heavy atom. The van der Waals surface area contributed by atoms with E-state index in [0.717, 1.165) is 5.92 Å². The molecule has 3 aromatic carbocycles. The van der Waals surface area contributed by atoms with Crippen LogP contribution >= 0.6 is 7.26 Å². The summed E-state index contributed by atoms with van der Waals surface area (Å²) in [4.78, 5) is 0. The molecule has 0 saturated heterocycles. The van der Waals surface area contributed by atoms with E-state index in [0.29, 0.717) is 5.92 Å². The fraction of sp³-hybridized carbons (Fsp3) is 0.357. The Labute approximate surface area is 177 Å². The van der Waals surface area contributed by atoms with Gasteiger partial charge in [-0.25, -0.2) is 0 Å². The van der Waals surface area contributed by atoms with Crippen molar-refractivity contribution in [3.63, 3.8) is 0 Å². The molecule has 0 heterocycles. The lowest BCUT2D eigenvalue weighted by atomic mass is 9.77. The molecule has 0 bridgehead atoms. The summed E-state index contributed by atoms with van der Waals surface area (Å²) < 4.78 is 0. The van der Waals surface area contributed by atoms with Crippen LogP contribution in [0.4, 0.5) is 0 Å². The number of benzene rings is 3. The van der Waals surface area contributed by atoms with E-state index >= 15 is 0 Å². The normalized spacial score (nSPS) is 19.8. The molecular formula is C28H34P+. The van der Waals surface area contributed by atoms with E-state index in [1.807, 2.05) is 0 Å². The lowest BCUT2D eigenvalue weighted by Crippen LogP contribution is -2.33. The maximum Gasteiger partial charge on any atom is 0.109 e. The van der Waals surface area contributed by atoms with Crippen molar-refractivity contribution in [2.24, 2.45) is 5.92 Å². The van der Waals surface area contributed by atoms with Gasteiger partial charge in [0.2, 0.25) is 0 Å². The van der Waals surface area contributed by atoms with Gasteiger partial charge in [0.15, 0.2) is 0 Å². The van der Waals surface area contributed by atoms with Crippen molar-refractivity contribution in [3.05, 3.63) is 90.5 Å². The molecule has 1 aliphatic rings. The van der Waals surface area contributed by atoms with Gasteiger partial charge in [0.05, 0.1) is 6.66 Å². The second-order valence-electron chi connectivity index (χ2n) is 8.74. The molecule has 1 heteroatoms. The summed E-state index contributed by atoms with van der Waals surface area (Å²) in [5.41, 5.74) is 1.62. The highest BCUT2D eigenvalue weighted by atomic mass is 31.2. The van der Waals surface area contributed by atoms with Gasteiger partial charge in [-0.15, -0.1) is 0 Å². The first-order chi connectivity index (χ1) is 14.2. The Kier molecular flexibility index (Phi) is 6.51. The standard InChI is InChI=1S/C28H34P/c1-3-12-23-19-21-24(22-20-23)27-17-10-11-18-28(27)29(2,25-13-6-4-7-14-25)26-15-8-5-9-16-26/h4-11,13-18,23-24H,3,12,19-22H2,1-2H3/q+1. The molecule has 0 unspecified atom stereocenters. The third-order valence-corrected chi connectivity index (χ3v) is 11.0. The van der Waals surface area contributed by atoms with Crippen molar-refractivity contribution < 1.29 is 0 Å². The number of hydrogen-bond acceptors (Lipinski definition) is 0. The Hall–Kier alpha value is -1.91. The van der Waals surface area contributed by atoms with Gasteiger partial charge < -0.3 is 0 Å². The Bertz CT molecular complexity index is 852. The van der Waals surface area contributed by atoms with Crippen LogP contribution in [0.3, 0.4) is 0 Å². The zero-order valence-electron chi connectivity index (χ0n) is 17.9. The molecule has 0 aliphatic heterocycles. The minimum absolute atomic E-state index is 0.714. The van der Waals surface area contributed by atoms with Gasteiger partial charge >= 0.3 is 0 Å². The van der Waals surface area contributed by atoms with Gasteiger partial charge in [0.25, 0.3) is 0 Å². The Morgan fingerprint density at radius 1 is 0.690 bits per heavy atom. The molecule has 1 aliphatic carbocycles. The minimum atomic E-state index is -1.66. The minimum Gasteiger partial charge on any atom is -0.0654 e. The van der Waals surface area contributed by atoms with Crippen molar-refractivity contribution in [2.75, 3.05) is 6.66 Å². The molecule has 0 atom stereocenters. The van der Waals surface area contributed by atoms with Crippen molar-refractivity contribution in [1.29, 1.82) is 0 Å². The Morgan fingerprint density at radius 2 is 1.21 bits per heavy atom. The summed E-state index contributed by atoms with van der Waals surface area (Å²) in [6.07, 6.45) is 8.25. The Balaban J connectivity index is 1.78. The summed E-state index contributed by atoms with van der Waals surface area (Å²) in [6, 6.07) is 31.8. The first-order valence-corrected chi connectivity index (χ1v) is 13.5. The lowest BCUT2D eigenvalue weighted by molar-refractivity contribution is 0.309. The van der Waals surface area contributed by atoms with Crippen molar-refractivity contribution >= 4 is 23.2 Å². The van der Waals surface area contributed by atoms with Crippen molar-refractivity contribution in [2.45, 2.75) is 51.4 Å². The van der Waals surface area contributed by atoms with E-state index < -0.39 is 7.26 Å². The molecule has 3 aromatic rings. The molecule has 4 rings (SSSR count). The molecule has 0 nitrogen and oxygen atoms in total. The summed E-state index contributed by atoms with van der Waals surface area (Å²) in [7, 11) is -1.66. The molecule has 0 aromatic heterocycles. The predicted octanol–water partition coefficient (Wildman–Crippen LogP) is 6.68. The summed E-state index contributed by atoms with van der Waals surface area (Å²) in [6.45, 7) is 4.86. The molecule has 0 spiro atoms. The van der Waals surface area contributed by atoms with Crippen LogP contribution in [0, 0.1) is 5.92 Å². The van der Waals surface area contributed by atoms with E-state index in [4.69, 9.17) is 0 Å². The fourth-order valence-corrected chi connectivity index (χ4v) is 8.84. The highest BCUT2D eigenvalue weighted by Crippen LogP contribution is 2.53.